The minimum absolute atomic E-state index is 0.269. The first kappa shape index (κ1) is 31.5. The number of carbonyl (C=O) groups is 2. The average molecular weight is 557 g/mol. The third-order valence-electron chi connectivity index (χ3n) is 6.89. The molecular formula is C30H44N4O6. The van der Waals surface area contributed by atoms with Crippen molar-refractivity contribution in [2.45, 2.75) is 71.4 Å². The van der Waals surface area contributed by atoms with E-state index in [0.29, 0.717) is 18.0 Å². The highest BCUT2D eigenvalue weighted by molar-refractivity contribution is 5.86. The number of nitrogens with zero attached hydrogens (tertiary/aromatic N) is 2. The fourth-order valence-electron chi connectivity index (χ4n) is 4.86. The number of rotatable bonds is 14. The summed E-state index contributed by atoms with van der Waals surface area (Å²) < 4.78 is 18.3. The minimum Gasteiger partial charge on any atom is -0.459 e. The lowest BCUT2D eigenvalue weighted by molar-refractivity contribution is -0.159. The molecule has 0 saturated carbocycles. The van der Waals surface area contributed by atoms with Crippen LogP contribution in [0, 0.1) is 5.92 Å². The molecule has 1 saturated heterocycles. The summed E-state index contributed by atoms with van der Waals surface area (Å²) in [7, 11) is 3.36. The van der Waals surface area contributed by atoms with Crippen LogP contribution in [-0.2, 0) is 36.9 Å². The van der Waals surface area contributed by atoms with E-state index < -0.39 is 23.7 Å². The summed E-state index contributed by atoms with van der Waals surface area (Å²) in [4.78, 5) is 29.2. The van der Waals surface area contributed by atoms with E-state index in [1.165, 1.54) is 0 Å². The number of hydrogen-bond acceptors (Lipinski definition) is 9. The van der Waals surface area contributed by atoms with Gasteiger partial charge in [0.2, 0.25) is 0 Å². The summed E-state index contributed by atoms with van der Waals surface area (Å²) in [5, 5.41) is 16.9. The maximum atomic E-state index is 12.8. The highest BCUT2D eigenvalue weighted by Gasteiger charge is 2.35. The fraction of sp³-hybridized carbons (Fsp3) is 0.567. The van der Waals surface area contributed by atoms with Crippen molar-refractivity contribution in [3.8, 4) is 0 Å². The monoisotopic (exact) mass is 556 g/mol. The van der Waals surface area contributed by atoms with Gasteiger partial charge in [-0.1, -0.05) is 6.07 Å². The SMILES string of the molecule is CN/C=C(\C=C(\C)C=O)c1nc2cc(CNC(C(=O)OC(C)COC)C(C)(C)O)ccc2n1CC1CCOCC1. The zero-order valence-electron chi connectivity index (χ0n) is 24.5. The molecule has 0 radical (unpaired) electrons. The van der Waals surface area contributed by atoms with Crippen molar-refractivity contribution in [3.63, 3.8) is 0 Å². The molecular weight excluding hydrogens is 512 g/mol. The smallest absolute Gasteiger partial charge is 0.326 e. The number of esters is 1. The van der Waals surface area contributed by atoms with Gasteiger partial charge >= 0.3 is 5.97 Å². The van der Waals surface area contributed by atoms with Gasteiger partial charge in [0, 0.05) is 52.2 Å². The van der Waals surface area contributed by atoms with Crippen LogP contribution in [0.3, 0.4) is 0 Å². The number of methoxy groups -OCH3 is 1. The molecule has 0 bridgehead atoms. The third-order valence-corrected chi connectivity index (χ3v) is 6.89. The molecule has 220 valence electrons. The largest absolute Gasteiger partial charge is 0.459 e. The van der Waals surface area contributed by atoms with E-state index in [4.69, 9.17) is 19.2 Å². The van der Waals surface area contributed by atoms with Crippen molar-refractivity contribution in [1.82, 2.24) is 20.2 Å². The van der Waals surface area contributed by atoms with Crippen LogP contribution in [0.2, 0.25) is 0 Å². The summed E-state index contributed by atoms with van der Waals surface area (Å²) in [5.41, 5.74) is 2.75. The van der Waals surface area contributed by atoms with Crippen LogP contribution >= 0.6 is 0 Å². The van der Waals surface area contributed by atoms with Gasteiger partial charge in [-0.3, -0.25) is 14.9 Å². The number of aliphatic hydroxyl groups is 1. The fourth-order valence-corrected chi connectivity index (χ4v) is 4.86. The number of ether oxygens (including phenoxy) is 3. The van der Waals surface area contributed by atoms with Crippen molar-refractivity contribution in [2.24, 2.45) is 5.92 Å². The first-order chi connectivity index (χ1) is 19.1. The van der Waals surface area contributed by atoms with Gasteiger partial charge < -0.3 is 29.2 Å². The molecule has 0 aliphatic carbocycles. The summed E-state index contributed by atoms with van der Waals surface area (Å²) in [6.45, 7) is 9.54. The molecule has 2 unspecified atom stereocenters. The Hall–Kier alpha value is -3.05. The normalized spacial score (nSPS) is 17.1. The molecule has 0 amide bonds. The Morgan fingerprint density at radius 1 is 1.32 bits per heavy atom. The van der Waals surface area contributed by atoms with Crippen molar-refractivity contribution in [3.05, 3.63) is 47.4 Å². The first-order valence-electron chi connectivity index (χ1n) is 13.8. The maximum absolute atomic E-state index is 12.8. The Morgan fingerprint density at radius 2 is 2.05 bits per heavy atom. The highest BCUT2D eigenvalue weighted by Crippen LogP contribution is 2.28. The Kier molecular flexibility index (Phi) is 11.4. The van der Waals surface area contributed by atoms with Gasteiger partial charge in [0.25, 0.3) is 0 Å². The molecule has 10 heteroatoms. The lowest BCUT2D eigenvalue weighted by Crippen LogP contribution is -2.53. The van der Waals surface area contributed by atoms with E-state index in [2.05, 4.69) is 15.2 Å². The van der Waals surface area contributed by atoms with Crippen molar-refractivity contribution < 1.29 is 28.9 Å². The number of allylic oxidation sites excluding steroid dienone is 3. The number of benzene rings is 1. The second kappa shape index (κ2) is 14.5. The van der Waals surface area contributed by atoms with Gasteiger partial charge in [-0.05, 0) is 75.8 Å². The van der Waals surface area contributed by atoms with Gasteiger partial charge in [-0.2, -0.15) is 0 Å². The first-order valence-corrected chi connectivity index (χ1v) is 13.8. The number of imidazole rings is 1. The van der Waals surface area contributed by atoms with Crippen molar-refractivity contribution >= 4 is 28.9 Å². The quantitative estimate of drug-likeness (QED) is 0.139. The highest BCUT2D eigenvalue weighted by atomic mass is 16.6. The van der Waals surface area contributed by atoms with Gasteiger partial charge in [0.15, 0.2) is 0 Å². The second-order valence-corrected chi connectivity index (χ2v) is 11.0. The molecule has 1 aliphatic rings. The summed E-state index contributed by atoms with van der Waals surface area (Å²) in [5.74, 6) is 0.685. The molecule has 0 spiro atoms. The Labute approximate surface area is 236 Å². The van der Waals surface area contributed by atoms with Crippen molar-refractivity contribution in [1.29, 1.82) is 0 Å². The number of nitrogens with one attached hydrogen (secondary N) is 2. The zero-order chi connectivity index (χ0) is 29.3. The van der Waals surface area contributed by atoms with Crippen LogP contribution < -0.4 is 10.6 Å². The lowest BCUT2D eigenvalue weighted by atomic mass is 9.98. The molecule has 1 aromatic heterocycles. The Balaban J connectivity index is 1.93. The number of hydrogen-bond donors (Lipinski definition) is 3. The van der Waals surface area contributed by atoms with Crippen LogP contribution in [0.15, 0.2) is 36.0 Å². The maximum Gasteiger partial charge on any atom is 0.326 e. The predicted octanol–water partition coefficient (Wildman–Crippen LogP) is 2.98. The summed E-state index contributed by atoms with van der Waals surface area (Å²) in [6.07, 6.45) is 6.03. The molecule has 1 aromatic carbocycles. The van der Waals surface area contributed by atoms with Crippen LogP contribution in [-0.4, -0.2) is 78.6 Å². The van der Waals surface area contributed by atoms with E-state index in [0.717, 1.165) is 66.9 Å². The number of aromatic nitrogens is 2. The van der Waals surface area contributed by atoms with E-state index in [1.54, 1.807) is 34.8 Å². The summed E-state index contributed by atoms with van der Waals surface area (Å²) >= 11 is 0. The van der Waals surface area contributed by atoms with Gasteiger partial charge in [-0.15, -0.1) is 0 Å². The molecule has 3 N–H and O–H groups in total. The van der Waals surface area contributed by atoms with Crippen LogP contribution in [0.1, 0.15) is 51.9 Å². The van der Waals surface area contributed by atoms with E-state index in [9.17, 15) is 14.7 Å². The molecule has 1 fully saturated rings. The Bertz CT molecular complexity index is 1210. The molecule has 3 rings (SSSR count). The number of carbonyl (C=O) groups excluding carboxylic acids is 2. The van der Waals surface area contributed by atoms with Crippen LogP contribution in [0.5, 0.6) is 0 Å². The lowest BCUT2D eigenvalue weighted by Gasteiger charge is -2.29. The molecule has 1 aliphatic heterocycles. The van der Waals surface area contributed by atoms with Gasteiger partial charge in [0.05, 0.1) is 23.2 Å². The average Bonchev–Trinajstić information content (AvgIpc) is 3.25. The molecule has 2 atom stereocenters. The van der Waals surface area contributed by atoms with E-state index in [1.807, 2.05) is 37.5 Å². The van der Waals surface area contributed by atoms with E-state index in [-0.39, 0.29) is 6.61 Å². The van der Waals surface area contributed by atoms with Crippen LogP contribution in [0.4, 0.5) is 0 Å². The molecule has 40 heavy (non-hydrogen) atoms. The standard InChI is InChI=1S/C30H44N4O6/c1-20(18-35)13-24(16-31-5)28-33-25-14-23(7-8-26(25)34(28)17-22-9-11-39-12-10-22)15-32-27(30(3,4)37)29(36)40-21(2)19-38-6/h7-8,13-14,16,18,21-22,27,31-32,37H,9-12,15,17,19H2,1-6H3/b20-13-,24-16+. The predicted molar refractivity (Wildman–Crippen MR) is 154 cm³/mol. The minimum atomic E-state index is -1.35. The third kappa shape index (κ3) is 8.47. The molecule has 10 nitrogen and oxygen atoms in total. The van der Waals surface area contributed by atoms with Gasteiger partial charge in [0.1, 0.15) is 24.3 Å². The topological polar surface area (TPSA) is 124 Å². The number of fused-ring (bicyclic) bond motifs is 1. The summed E-state index contributed by atoms with van der Waals surface area (Å²) in [6, 6.07) is 5.08. The second-order valence-electron chi connectivity index (χ2n) is 11.0. The van der Waals surface area contributed by atoms with Crippen molar-refractivity contribution in [2.75, 3.05) is 34.0 Å². The number of aldehydes is 1. The molecule has 2 aromatic rings. The Morgan fingerprint density at radius 3 is 2.67 bits per heavy atom. The van der Waals surface area contributed by atoms with Gasteiger partial charge in [-0.25, -0.2) is 4.98 Å². The molecule has 2 heterocycles. The van der Waals surface area contributed by atoms with E-state index >= 15 is 0 Å². The zero-order valence-corrected chi connectivity index (χ0v) is 24.5. The van der Waals surface area contributed by atoms with Crippen LogP contribution in [0.25, 0.3) is 16.6 Å².